The minimum absolute atomic E-state index is 0.115. The van der Waals surface area contributed by atoms with E-state index >= 15 is 0 Å². The summed E-state index contributed by atoms with van der Waals surface area (Å²) in [5.41, 5.74) is 1.25. The SMILES string of the molecule is CCNC(c1csc(C)c1)C1(OCC)CCOCC1. The van der Waals surface area contributed by atoms with Gasteiger partial charge in [0, 0.05) is 37.5 Å². The van der Waals surface area contributed by atoms with E-state index in [9.17, 15) is 0 Å². The lowest BCUT2D eigenvalue weighted by Crippen LogP contribution is -2.49. The van der Waals surface area contributed by atoms with Crippen molar-refractivity contribution in [2.24, 2.45) is 0 Å². The third kappa shape index (κ3) is 3.37. The second-order valence-corrected chi connectivity index (χ2v) is 6.21. The molecule has 0 aromatic carbocycles. The average molecular weight is 283 g/mol. The molecule has 108 valence electrons. The van der Waals surface area contributed by atoms with Crippen molar-refractivity contribution in [3.05, 3.63) is 21.9 Å². The van der Waals surface area contributed by atoms with Crippen LogP contribution in [0.4, 0.5) is 0 Å². The fourth-order valence-corrected chi connectivity index (χ4v) is 3.68. The highest BCUT2D eigenvalue weighted by Gasteiger charge is 2.41. The van der Waals surface area contributed by atoms with Crippen LogP contribution in [0.5, 0.6) is 0 Å². The number of ether oxygens (including phenoxy) is 2. The molecule has 0 aliphatic carbocycles. The maximum Gasteiger partial charge on any atom is 0.0920 e. The first kappa shape index (κ1) is 15.0. The molecule has 1 aromatic heterocycles. The van der Waals surface area contributed by atoms with Gasteiger partial charge in [0.1, 0.15) is 0 Å². The van der Waals surface area contributed by atoms with Gasteiger partial charge in [-0.15, -0.1) is 11.3 Å². The molecule has 3 nitrogen and oxygen atoms in total. The van der Waals surface area contributed by atoms with Gasteiger partial charge in [-0.05, 0) is 37.4 Å². The van der Waals surface area contributed by atoms with Crippen molar-refractivity contribution < 1.29 is 9.47 Å². The maximum absolute atomic E-state index is 6.21. The molecule has 1 aliphatic rings. The summed E-state index contributed by atoms with van der Waals surface area (Å²) in [7, 11) is 0. The molecule has 0 amide bonds. The van der Waals surface area contributed by atoms with Gasteiger partial charge in [0.25, 0.3) is 0 Å². The largest absolute Gasteiger partial charge is 0.381 e. The van der Waals surface area contributed by atoms with Crippen molar-refractivity contribution in [2.45, 2.75) is 45.3 Å². The van der Waals surface area contributed by atoms with E-state index in [2.05, 4.69) is 37.5 Å². The van der Waals surface area contributed by atoms with E-state index in [1.165, 1.54) is 10.4 Å². The molecule has 0 radical (unpaired) electrons. The predicted octanol–water partition coefficient (Wildman–Crippen LogP) is 3.29. The Balaban J connectivity index is 2.27. The van der Waals surface area contributed by atoms with Crippen molar-refractivity contribution in [1.29, 1.82) is 0 Å². The van der Waals surface area contributed by atoms with Crippen LogP contribution < -0.4 is 5.32 Å². The van der Waals surface area contributed by atoms with Gasteiger partial charge in [-0.3, -0.25) is 0 Å². The molecule has 1 saturated heterocycles. The van der Waals surface area contributed by atoms with Crippen LogP contribution in [0.3, 0.4) is 0 Å². The third-order valence-corrected chi connectivity index (χ3v) is 4.67. The van der Waals surface area contributed by atoms with Crippen LogP contribution in [0.1, 0.15) is 43.2 Å². The minimum atomic E-state index is -0.115. The highest BCUT2D eigenvalue weighted by molar-refractivity contribution is 7.10. The van der Waals surface area contributed by atoms with E-state index in [0.717, 1.165) is 39.2 Å². The summed E-state index contributed by atoms with van der Waals surface area (Å²) in [6.45, 7) is 9.70. The first-order valence-corrected chi connectivity index (χ1v) is 8.10. The molecule has 0 saturated carbocycles. The van der Waals surface area contributed by atoms with Gasteiger partial charge in [0.15, 0.2) is 0 Å². The molecule has 4 heteroatoms. The molecule has 0 bridgehead atoms. The summed E-state index contributed by atoms with van der Waals surface area (Å²) in [5.74, 6) is 0. The number of likely N-dealkylation sites (N-methyl/N-ethyl adjacent to an activating group) is 1. The van der Waals surface area contributed by atoms with Gasteiger partial charge in [-0.1, -0.05) is 6.92 Å². The van der Waals surface area contributed by atoms with Crippen LogP contribution in [-0.2, 0) is 9.47 Å². The summed E-state index contributed by atoms with van der Waals surface area (Å²) >= 11 is 1.81. The number of hydrogen-bond donors (Lipinski definition) is 1. The van der Waals surface area contributed by atoms with E-state index in [1.807, 2.05) is 11.3 Å². The average Bonchev–Trinajstić information content (AvgIpc) is 2.83. The Morgan fingerprint density at radius 1 is 1.42 bits per heavy atom. The predicted molar refractivity (Wildman–Crippen MR) is 79.9 cm³/mol. The quantitative estimate of drug-likeness (QED) is 0.869. The lowest BCUT2D eigenvalue weighted by Gasteiger charge is -2.43. The Morgan fingerprint density at radius 3 is 2.68 bits per heavy atom. The van der Waals surface area contributed by atoms with Gasteiger partial charge in [-0.2, -0.15) is 0 Å². The molecule has 1 aliphatic heterocycles. The Hall–Kier alpha value is -0.420. The highest BCUT2D eigenvalue weighted by atomic mass is 32.1. The fourth-order valence-electron chi connectivity index (χ4n) is 2.95. The van der Waals surface area contributed by atoms with E-state index in [0.29, 0.717) is 0 Å². The summed E-state index contributed by atoms with van der Waals surface area (Å²) < 4.78 is 11.7. The Bertz CT molecular complexity index is 380. The molecule has 1 aromatic rings. The lowest BCUT2D eigenvalue weighted by atomic mass is 9.82. The molecule has 1 N–H and O–H groups in total. The molecule has 0 spiro atoms. The molecule has 1 unspecified atom stereocenters. The Morgan fingerprint density at radius 2 is 2.16 bits per heavy atom. The number of aryl methyl sites for hydroxylation is 1. The number of nitrogens with one attached hydrogen (secondary N) is 1. The van der Waals surface area contributed by atoms with Gasteiger partial charge in [0.05, 0.1) is 11.6 Å². The first-order chi connectivity index (χ1) is 9.22. The Labute approximate surface area is 120 Å². The van der Waals surface area contributed by atoms with Gasteiger partial charge in [0.2, 0.25) is 0 Å². The number of thiophene rings is 1. The summed E-state index contributed by atoms with van der Waals surface area (Å²) in [6.07, 6.45) is 1.93. The van der Waals surface area contributed by atoms with E-state index in [4.69, 9.17) is 9.47 Å². The molecular weight excluding hydrogens is 258 g/mol. The van der Waals surface area contributed by atoms with Crippen molar-refractivity contribution in [3.63, 3.8) is 0 Å². The van der Waals surface area contributed by atoms with Crippen molar-refractivity contribution >= 4 is 11.3 Å². The second kappa shape index (κ2) is 6.84. The topological polar surface area (TPSA) is 30.5 Å². The van der Waals surface area contributed by atoms with E-state index in [-0.39, 0.29) is 11.6 Å². The van der Waals surface area contributed by atoms with Crippen LogP contribution in [0.15, 0.2) is 11.4 Å². The van der Waals surface area contributed by atoms with Crippen molar-refractivity contribution in [1.82, 2.24) is 5.32 Å². The summed E-state index contributed by atoms with van der Waals surface area (Å²) in [6, 6.07) is 2.56. The molecule has 2 heterocycles. The lowest BCUT2D eigenvalue weighted by molar-refractivity contribution is -0.127. The van der Waals surface area contributed by atoms with Crippen LogP contribution >= 0.6 is 11.3 Å². The van der Waals surface area contributed by atoms with Gasteiger partial charge in [-0.25, -0.2) is 0 Å². The molecular formula is C15H25NO2S. The number of rotatable bonds is 6. The van der Waals surface area contributed by atoms with Crippen LogP contribution in [0.2, 0.25) is 0 Å². The monoisotopic (exact) mass is 283 g/mol. The zero-order valence-electron chi connectivity index (χ0n) is 12.2. The second-order valence-electron chi connectivity index (χ2n) is 5.09. The molecule has 1 atom stereocenters. The third-order valence-electron chi connectivity index (χ3n) is 3.79. The smallest absolute Gasteiger partial charge is 0.0920 e. The van der Waals surface area contributed by atoms with E-state index < -0.39 is 0 Å². The number of hydrogen-bond acceptors (Lipinski definition) is 4. The van der Waals surface area contributed by atoms with Crippen molar-refractivity contribution in [3.8, 4) is 0 Å². The van der Waals surface area contributed by atoms with Gasteiger partial charge >= 0.3 is 0 Å². The standard InChI is InChI=1S/C15H25NO2S/c1-4-16-14(13-10-12(3)19-11-13)15(18-5-2)6-8-17-9-7-15/h10-11,14,16H,4-9H2,1-3H3. The summed E-state index contributed by atoms with van der Waals surface area (Å²) in [4.78, 5) is 1.36. The normalized spacial score (nSPS) is 20.4. The zero-order valence-corrected chi connectivity index (χ0v) is 13.0. The zero-order chi connectivity index (χ0) is 13.7. The molecule has 1 fully saturated rings. The van der Waals surface area contributed by atoms with Crippen molar-refractivity contribution in [2.75, 3.05) is 26.4 Å². The fraction of sp³-hybridized carbons (Fsp3) is 0.733. The molecule has 2 rings (SSSR count). The first-order valence-electron chi connectivity index (χ1n) is 7.22. The maximum atomic E-state index is 6.21. The molecule has 19 heavy (non-hydrogen) atoms. The van der Waals surface area contributed by atoms with Crippen LogP contribution in [-0.4, -0.2) is 32.0 Å². The van der Waals surface area contributed by atoms with Crippen LogP contribution in [0.25, 0.3) is 0 Å². The minimum Gasteiger partial charge on any atom is -0.381 e. The highest BCUT2D eigenvalue weighted by Crippen LogP contribution is 2.39. The van der Waals surface area contributed by atoms with E-state index in [1.54, 1.807) is 0 Å². The Kier molecular flexibility index (Phi) is 5.39. The summed E-state index contributed by atoms with van der Waals surface area (Å²) in [5, 5.41) is 5.90. The van der Waals surface area contributed by atoms with Crippen LogP contribution in [0, 0.1) is 6.92 Å². The van der Waals surface area contributed by atoms with Gasteiger partial charge < -0.3 is 14.8 Å².